The number of hydrogen-bond donors (Lipinski definition) is 2. The highest BCUT2D eigenvalue weighted by atomic mass is 16.6. The summed E-state index contributed by atoms with van der Waals surface area (Å²) in [4.78, 5) is 22.0. The van der Waals surface area contributed by atoms with Crippen LogP contribution in [-0.2, 0) is 0 Å². The van der Waals surface area contributed by atoms with Crippen molar-refractivity contribution in [1.29, 1.82) is 0 Å². The van der Waals surface area contributed by atoms with E-state index in [1.54, 1.807) is 6.92 Å². The maximum Gasteiger partial charge on any atom is 0.269 e. The van der Waals surface area contributed by atoms with Gasteiger partial charge in [-0.3, -0.25) is 14.9 Å². The number of carbonyl (C=O) groups is 1. The third kappa shape index (κ3) is 3.32. The largest absolute Gasteiger partial charge is 0.508 e. The molecule has 2 aromatic carbocycles. The first kappa shape index (κ1) is 15.3. The van der Waals surface area contributed by atoms with Crippen molar-refractivity contribution in [3.05, 3.63) is 57.6 Å². The average molecular weight is 303 g/mol. The number of phenolic OH excluding ortho intramolecular Hbond substituents is 2. The first-order chi connectivity index (χ1) is 10.4. The summed E-state index contributed by atoms with van der Waals surface area (Å²) in [6.45, 7) is 1.26. The van der Waals surface area contributed by atoms with E-state index in [0.29, 0.717) is 11.3 Å². The van der Waals surface area contributed by atoms with Gasteiger partial charge in [-0.25, -0.2) is 0 Å². The van der Waals surface area contributed by atoms with Crippen molar-refractivity contribution < 1.29 is 24.7 Å². The second-order valence-electron chi connectivity index (χ2n) is 4.62. The minimum atomic E-state index is -0.536. The normalized spacial score (nSPS) is 10.2. The lowest BCUT2D eigenvalue weighted by atomic mass is 10.1. The molecule has 2 aromatic rings. The Hall–Kier alpha value is -3.09. The van der Waals surface area contributed by atoms with Gasteiger partial charge in [-0.2, -0.15) is 0 Å². The number of aromatic hydroxyl groups is 2. The summed E-state index contributed by atoms with van der Waals surface area (Å²) in [6.07, 6.45) is 0. The number of ether oxygens (including phenoxy) is 1. The van der Waals surface area contributed by atoms with Gasteiger partial charge in [0.05, 0.1) is 10.5 Å². The second kappa shape index (κ2) is 6.13. The number of phenols is 2. The van der Waals surface area contributed by atoms with Crippen LogP contribution in [0, 0.1) is 17.0 Å². The van der Waals surface area contributed by atoms with Crippen LogP contribution in [0.15, 0.2) is 36.4 Å². The number of hydrogen-bond acceptors (Lipinski definition) is 6. The van der Waals surface area contributed by atoms with Crippen molar-refractivity contribution in [1.82, 2.24) is 0 Å². The van der Waals surface area contributed by atoms with Gasteiger partial charge < -0.3 is 14.9 Å². The lowest BCUT2D eigenvalue weighted by molar-refractivity contribution is -0.384. The second-order valence-corrected chi connectivity index (χ2v) is 4.62. The Bertz CT molecular complexity index is 724. The summed E-state index contributed by atoms with van der Waals surface area (Å²) in [7, 11) is 0. The first-order valence-electron chi connectivity index (χ1n) is 6.31. The minimum absolute atomic E-state index is 0.0391. The van der Waals surface area contributed by atoms with Crippen LogP contribution in [-0.4, -0.2) is 27.5 Å². The number of nitro groups is 1. The zero-order chi connectivity index (χ0) is 16.3. The Morgan fingerprint density at radius 2 is 1.82 bits per heavy atom. The highest BCUT2D eigenvalue weighted by molar-refractivity contribution is 6.00. The highest BCUT2D eigenvalue weighted by Gasteiger charge is 2.14. The van der Waals surface area contributed by atoms with Gasteiger partial charge in [-0.05, 0) is 30.7 Å². The number of rotatable bonds is 5. The molecule has 0 unspecified atom stereocenters. The molecule has 0 heterocycles. The van der Waals surface area contributed by atoms with Crippen LogP contribution in [0.3, 0.4) is 0 Å². The smallest absolute Gasteiger partial charge is 0.269 e. The lowest BCUT2D eigenvalue weighted by Gasteiger charge is -2.08. The van der Waals surface area contributed by atoms with Gasteiger partial charge >= 0.3 is 0 Å². The van der Waals surface area contributed by atoms with Crippen LogP contribution < -0.4 is 4.74 Å². The van der Waals surface area contributed by atoms with Gasteiger partial charge in [0.25, 0.3) is 5.69 Å². The molecule has 7 nitrogen and oxygen atoms in total. The van der Waals surface area contributed by atoms with Crippen molar-refractivity contribution in [3.8, 4) is 17.2 Å². The zero-order valence-electron chi connectivity index (χ0n) is 11.6. The minimum Gasteiger partial charge on any atom is -0.508 e. The molecule has 2 rings (SSSR count). The van der Waals surface area contributed by atoms with E-state index in [4.69, 9.17) is 4.74 Å². The number of nitro benzene ring substituents is 1. The first-order valence-corrected chi connectivity index (χ1v) is 6.31. The summed E-state index contributed by atoms with van der Waals surface area (Å²) >= 11 is 0. The Balaban J connectivity index is 2.07. The summed E-state index contributed by atoms with van der Waals surface area (Å²) in [5.41, 5.74) is 0.416. The molecule has 0 bridgehead atoms. The molecule has 114 valence electrons. The van der Waals surface area contributed by atoms with E-state index >= 15 is 0 Å². The molecule has 0 aliphatic rings. The molecule has 7 heteroatoms. The van der Waals surface area contributed by atoms with Crippen molar-refractivity contribution >= 4 is 11.5 Å². The fourth-order valence-corrected chi connectivity index (χ4v) is 1.80. The molecule has 0 aliphatic carbocycles. The third-order valence-corrected chi connectivity index (χ3v) is 3.03. The number of non-ortho nitro benzene ring substituents is 1. The molecular formula is C15H13NO6. The molecule has 2 N–H and O–H groups in total. The average Bonchev–Trinajstić information content (AvgIpc) is 2.49. The Morgan fingerprint density at radius 1 is 1.18 bits per heavy atom. The van der Waals surface area contributed by atoms with Crippen molar-refractivity contribution in [2.45, 2.75) is 6.92 Å². The molecule has 0 amide bonds. The van der Waals surface area contributed by atoms with E-state index in [0.717, 1.165) is 6.07 Å². The van der Waals surface area contributed by atoms with Crippen LogP contribution in [0.5, 0.6) is 17.2 Å². The molecule has 0 aromatic heterocycles. The molecule has 0 fully saturated rings. The van der Waals surface area contributed by atoms with E-state index in [1.165, 1.54) is 30.3 Å². The van der Waals surface area contributed by atoms with Crippen LogP contribution in [0.1, 0.15) is 15.9 Å². The Labute approximate surface area is 125 Å². The quantitative estimate of drug-likeness (QED) is 0.499. The van der Waals surface area contributed by atoms with Crippen molar-refractivity contribution in [2.75, 3.05) is 6.61 Å². The molecule has 0 radical (unpaired) electrons. The molecular weight excluding hydrogens is 290 g/mol. The van der Waals surface area contributed by atoms with Crippen LogP contribution >= 0.6 is 0 Å². The monoisotopic (exact) mass is 303 g/mol. The number of Topliss-reactive ketones (excluding diaryl/α,β-unsaturated/α-hetero) is 1. The fourth-order valence-electron chi connectivity index (χ4n) is 1.80. The Morgan fingerprint density at radius 3 is 2.41 bits per heavy atom. The van der Waals surface area contributed by atoms with Gasteiger partial charge in [-0.15, -0.1) is 0 Å². The van der Waals surface area contributed by atoms with E-state index in [1.807, 2.05) is 0 Å². The molecule has 0 saturated heterocycles. The lowest BCUT2D eigenvalue weighted by Crippen LogP contribution is -2.12. The summed E-state index contributed by atoms with van der Waals surface area (Å²) in [6, 6.07) is 7.76. The maximum absolute atomic E-state index is 12.0. The van der Waals surface area contributed by atoms with Crippen molar-refractivity contribution in [3.63, 3.8) is 0 Å². The maximum atomic E-state index is 12.0. The van der Waals surface area contributed by atoms with Gasteiger partial charge in [0, 0.05) is 18.2 Å². The number of ketones is 1. The molecule has 0 saturated carbocycles. The van der Waals surface area contributed by atoms with E-state index in [-0.39, 0.29) is 29.4 Å². The molecule has 0 aliphatic heterocycles. The van der Waals surface area contributed by atoms with E-state index < -0.39 is 10.7 Å². The zero-order valence-corrected chi connectivity index (χ0v) is 11.6. The molecule has 0 spiro atoms. The third-order valence-electron chi connectivity index (χ3n) is 3.03. The topological polar surface area (TPSA) is 110 Å². The standard InChI is InChI=1S/C15H13NO6/c1-9-6-12(14(18)7-13(9)17)15(19)8-22-11-4-2-10(3-5-11)16(20)21/h2-7,17-18H,8H2,1H3. The van der Waals surface area contributed by atoms with Crippen LogP contribution in [0.25, 0.3) is 0 Å². The molecule has 0 atom stereocenters. The number of benzene rings is 2. The van der Waals surface area contributed by atoms with E-state index in [9.17, 15) is 25.1 Å². The summed E-state index contributed by atoms with van der Waals surface area (Å²) in [5.74, 6) is -0.612. The van der Waals surface area contributed by atoms with Gasteiger partial charge in [-0.1, -0.05) is 0 Å². The van der Waals surface area contributed by atoms with Gasteiger partial charge in [0.1, 0.15) is 17.2 Å². The predicted octanol–water partition coefficient (Wildman–Crippen LogP) is 2.58. The van der Waals surface area contributed by atoms with Crippen LogP contribution in [0.2, 0.25) is 0 Å². The summed E-state index contributed by atoms with van der Waals surface area (Å²) in [5, 5.41) is 29.6. The predicted molar refractivity (Wildman–Crippen MR) is 77.4 cm³/mol. The van der Waals surface area contributed by atoms with Gasteiger partial charge in [0.2, 0.25) is 5.78 Å². The van der Waals surface area contributed by atoms with Crippen LogP contribution in [0.4, 0.5) is 5.69 Å². The van der Waals surface area contributed by atoms with E-state index in [2.05, 4.69) is 0 Å². The highest BCUT2D eigenvalue weighted by Crippen LogP contribution is 2.27. The van der Waals surface area contributed by atoms with Gasteiger partial charge in [0.15, 0.2) is 6.61 Å². The summed E-state index contributed by atoms with van der Waals surface area (Å²) < 4.78 is 5.24. The SMILES string of the molecule is Cc1cc(C(=O)COc2ccc([N+](=O)[O-])cc2)c(O)cc1O. The number of carbonyl (C=O) groups excluding carboxylic acids is 1. The van der Waals surface area contributed by atoms with Crippen molar-refractivity contribution in [2.24, 2.45) is 0 Å². The Kier molecular flexibility index (Phi) is 4.26. The molecule has 22 heavy (non-hydrogen) atoms. The fraction of sp³-hybridized carbons (Fsp3) is 0.133. The number of aryl methyl sites for hydroxylation is 1. The number of nitrogens with zero attached hydrogens (tertiary/aromatic N) is 1.